The molecular weight excluding hydrogens is 519 g/mol. The Bertz CT molecular complexity index is 1240. The third-order valence-electron chi connectivity index (χ3n) is 5.34. The van der Waals surface area contributed by atoms with E-state index in [2.05, 4.69) is 0 Å². The van der Waals surface area contributed by atoms with Crippen molar-refractivity contribution >= 4 is 14.1 Å². The highest BCUT2D eigenvalue weighted by Gasteiger charge is 2.66. The molecule has 2 N–H and O–H groups in total. The van der Waals surface area contributed by atoms with Crippen molar-refractivity contribution in [2.24, 2.45) is 0 Å². The summed E-state index contributed by atoms with van der Waals surface area (Å²) in [6, 6.07) is 7.49. The van der Waals surface area contributed by atoms with E-state index in [1.165, 1.54) is 19.1 Å². The number of ether oxygens (including phenoxy) is 2. The fourth-order valence-electron chi connectivity index (χ4n) is 3.44. The molecule has 0 saturated carbocycles. The lowest BCUT2D eigenvalue weighted by atomic mass is 9.97. The largest absolute Gasteiger partial charge is 0.653 e. The molecule has 0 radical (unpaired) electrons. The van der Waals surface area contributed by atoms with Gasteiger partial charge in [-0.3, -0.25) is 19.1 Å². The number of nitrogens with one attached hydrogen (secondary N) is 1. The Morgan fingerprint density at radius 1 is 1.24 bits per heavy atom. The van der Waals surface area contributed by atoms with Crippen molar-refractivity contribution in [3.05, 3.63) is 63.4 Å². The van der Waals surface area contributed by atoms with Gasteiger partial charge in [0.2, 0.25) is 0 Å². The second-order valence-electron chi connectivity index (χ2n) is 8.71. The van der Waals surface area contributed by atoms with Crippen LogP contribution in [-0.2, 0) is 23.4 Å². The molecule has 2 aromatic rings. The van der Waals surface area contributed by atoms with E-state index in [0.717, 1.165) is 19.2 Å². The van der Waals surface area contributed by atoms with Gasteiger partial charge in [-0.15, -0.1) is 4.52 Å². The van der Waals surface area contributed by atoms with Crippen LogP contribution in [0.3, 0.4) is 0 Å². The van der Waals surface area contributed by atoms with Crippen molar-refractivity contribution in [1.29, 1.82) is 0 Å². The predicted octanol–water partition coefficient (Wildman–Crippen LogP) is 2.13. The fraction of sp³-hybridized carbons (Fsp3) is 0.500. The Kier molecular flexibility index (Phi) is 8.60. The zero-order valence-corrected chi connectivity index (χ0v) is 21.3. The molecule has 3 rings (SSSR count). The molecule has 0 spiro atoms. The number of nitrogens with zero attached hydrogens (tertiary/aromatic N) is 2. The van der Waals surface area contributed by atoms with Gasteiger partial charge in [0.25, 0.3) is 11.4 Å². The quantitative estimate of drug-likeness (QED) is 0.258. The van der Waals surface area contributed by atoms with Crippen molar-refractivity contribution in [3.63, 3.8) is 0 Å². The molecule has 1 aliphatic rings. The highest BCUT2D eigenvalue weighted by atomic mass is 31.1. The lowest BCUT2D eigenvalue weighted by Gasteiger charge is -2.24. The Balaban J connectivity index is 1.81. The summed E-state index contributed by atoms with van der Waals surface area (Å²) < 4.78 is 59.8. The summed E-state index contributed by atoms with van der Waals surface area (Å²) >= 11 is 0. The van der Waals surface area contributed by atoms with Gasteiger partial charge in [0.1, 0.15) is 4.83 Å². The number of carbonyl (C=O) groups is 1. The molecule has 15 heteroatoms. The van der Waals surface area contributed by atoms with Crippen LogP contribution in [0.4, 0.5) is 8.78 Å². The molecule has 1 fully saturated rings. The number of halogens is 2. The van der Waals surface area contributed by atoms with E-state index in [-0.39, 0.29) is 5.75 Å². The van der Waals surface area contributed by atoms with Crippen molar-refractivity contribution in [3.8, 4) is 5.75 Å². The first-order chi connectivity index (χ1) is 17.3. The molecule has 0 bridgehead atoms. The first-order valence-corrected chi connectivity index (χ1v) is 12.3. The number of benzene rings is 1. The number of aliphatic hydroxyl groups is 1. The molecule has 6 atom stereocenters. The first-order valence-electron chi connectivity index (χ1n) is 11.1. The lowest BCUT2D eigenvalue weighted by Crippen LogP contribution is -2.47. The number of aromatic amines is 1. The number of H-pyrrole nitrogens is 1. The molecule has 0 amide bonds. The van der Waals surface area contributed by atoms with E-state index in [0.29, 0.717) is 9.40 Å². The molecule has 202 valence electrons. The molecule has 1 aliphatic heterocycles. The van der Waals surface area contributed by atoms with Crippen LogP contribution < -0.4 is 16.1 Å². The number of aliphatic hydroxyl groups excluding tert-OH is 1. The van der Waals surface area contributed by atoms with Crippen molar-refractivity contribution in [2.75, 3.05) is 6.61 Å². The third-order valence-corrected chi connectivity index (χ3v) is 6.44. The number of alkyl halides is 2. The van der Waals surface area contributed by atoms with E-state index in [1.54, 1.807) is 32.0 Å². The highest BCUT2D eigenvalue weighted by Crippen LogP contribution is 2.48. The van der Waals surface area contributed by atoms with Crippen LogP contribution in [-0.4, -0.2) is 61.8 Å². The smallest absolute Gasteiger partial charge is 0.462 e. The molecular formula is C22H27F2N3O9P+. The van der Waals surface area contributed by atoms with Crippen LogP contribution in [0.25, 0.3) is 0 Å². The Morgan fingerprint density at radius 2 is 1.89 bits per heavy atom. The van der Waals surface area contributed by atoms with Crippen LogP contribution >= 0.6 is 8.18 Å². The number of rotatable bonds is 10. The molecule has 12 nitrogen and oxygen atoms in total. The van der Waals surface area contributed by atoms with Gasteiger partial charge in [-0.25, -0.2) is 13.6 Å². The van der Waals surface area contributed by atoms with E-state index in [9.17, 15) is 24.1 Å². The Labute approximate surface area is 210 Å². The zero-order valence-electron chi connectivity index (χ0n) is 20.4. The number of hydroxylamine groups is 1. The van der Waals surface area contributed by atoms with Crippen LogP contribution in [0.15, 0.2) is 52.2 Å². The number of esters is 1. The average molecular weight is 546 g/mol. The molecule has 2 unspecified atom stereocenters. The number of aromatic nitrogens is 2. The summed E-state index contributed by atoms with van der Waals surface area (Å²) in [5, 5.41) is 10.4. The Morgan fingerprint density at radius 3 is 2.49 bits per heavy atom. The van der Waals surface area contributed by atoms with Crippen LogP contribution in [0.5, 0.6) is 5.75 Å². The molecule has 1 saturated heterocycles. The van der Waals surface area contributed by atoms with Gasteiger partial charge in [0.05, 0.1) is 6.10 Å². The summed E-state index contributed by atoms with van der Waals surface area (Å²) in [7, 11) is -3.15. The number of hydrogen-bond donors (Lipinski definition) is 2. The molecule has 37 heavy (non-hydrogen) atoms. The van der Waals surface area contributed by atoms with E-state index < -0.39 is 68.0 Å². The summed E-state index contributed by atoms with van der Waals surface area (Å²) in [4.78, 5) is 43.9. The Hall–Kier alpha value is -3.03. The predicted molar refractivity (Wildman–Crippen MR) is 124 cm³/mol. The monoisotopic (exact) mass is 546 g/mol. The molecule has 0 aliphatic carbocycles. The van der Waals surface area contributed by atoms with Crippen LogP contribution in [0.2, 0.25) is 0 Å². The van der Waals surface area contributed by atoms with E-state index >= 15 is 8.78 Å². The van der Waals surface area contributed by atoms with Crippen LogP contribution in [0, 0.1) is 0 Å². The molecule has 1 aromatic heterocycles. The second kappa shape index (κ2) is 11.2. The summed E-state index contributed by atoms with van der Waals surface area (Å²) in [5.41, 5.74) is -4.76. The van der Waals surface area contributed by atoms with Gasteiger partial charge in [-0.1, -0.05) is 18.2 Å². The van der Waals surface area contributed by atoms with E-state index in [1.807, 2.05) is 4.98 Å². The minimum absolute atomic E-state index is 0.166. The minimum Gasteiger partial charge on any atom is -0.462 e. The van der Waals surface area contributed by atoms with Crippen molar-refractivity contribution in [1.82, 2.24) is 14.4 Å². The van der Waals surface area contributed by atoms with Gasteiger partial charge in [-0.2, -0.15) is 0 Å². The van der Waals surface area contributed by atoms with Crippen LogP contribution in [0.1, 0.15) is 33.9 Å². The normalized spacial score (nSPS) is 26.8. The maximum absolute atomic E-state index is 15.6. The van der Waals surface area contributed by atoms with E-state index in [4.69, 9.17) is 18.8 Å². The van der Waals surface area contributed by atoms with Gasteiger partial charge >= 0.3 is 19.8 Å². The fourth-order valence-corrected chi connectivity index (χ4v) is 4.38. The van der Waals surface area contributed by atoms with Gasteiger partial charge in [0, 0.05) is 12.3 Å². The summed E-state index contributed by atoms with van der Waals surface area (Å²) in [5.74, 6) is -3.94. The zero-order chi connectivity index (χ0) is 27.5. The summed E-state index contributed by atoms with van der Waals surface area (Å²) in [6.45, 7) is 4.03. The van der Waals surface area contributed by atoms with Crippen molar-refractivity contribution < 1.29 is 42.1 Å². The van der Waals surface area contributed by atoms with Gasteiger partial charge < -0.3 is 19.4 Å². The average Bonchev–Trinajstić information content (AvgIpc) is 3.01. The third kappa shape index (κ3) is 6.28. The highest BCUT2D eigenvalue weighted by molar-refractivity contribution is 7.36. The van der Waals surface area contributed by atoms with Crippen molar-refractivity contribution in [2.45, 2.75) is 63.7 Å². The SMILES string of the molecule is CC(C)OC(=O)C(C)N(Oc1ccccc1)[P+](=O)OC[C@@]1(F)O[C@@H](n2ccc(=O)[nH]c2=O)[C@](C)(F)[C@@H]1O. The summed E-state index contributed by atoms with van der Waals surface area (Å²) in [6.07, 6.45) is -4.13. The first kappa shape index (κ1) is 28.5. The number of para-hydroxylation sites is 1. The molecule has 1 aromatic carbocycles. The number of hydrogen-bond acceptors (Lipinski definition) is 9. The standard InChI is InChI=1S/C22H26F2N3O9P/c1-13(2)34-17(29)14(3)27(36-15-8-6-5-7-9-15)37(32)33-12-22(24)18(30)21(4,23)19(35-22)26-11-10-16(28)25-20(26)31/h5-11,13-14,18-19,30H,12H2,1-4H3/p+1/t14?,18-,19+,21+,22+/m0/s1. The maximum Gasteiger partial charge on any atom is 0.653 e. The number of carbonyl (C=O) groups excluding carboxylic acids is 1. The topological polar surface area (TPSA) is 149 Å². The second-order valence-corrected chi connectivity index (χ2v) is 9.84. The van der Waals surface area contributed by atoms with Gasteiger partial charge in [0.15, 0.2) is 36.4 Å². The molecule has 2 heterocycles. The van der Waals surface area contributed by atoms with Gasteiger partial charge in [-0.05, 0) is 44.4 Å². The minimum atomic E-state index is -3.28. The lowest BCUT2D eigenvalue weighted by molar-refractivity contribution is -0.204. The maximum atomic E-state index is 15.6.